The van der Waals surface area contributed by atoms with Gasteiger partial charge in [0.25, 0.3) is 0 Å². The molecule has 2 aromatic rings. The van der Waals surface area contributed by atoms with E-state index in [1.54, 1.807) is 0 Å². The number of benzene rings is 1. The Bertz CT molecular complexity index is 621. The second-order valence-electron chi connectivity index (χ2n) is 5.27. The highest BCUT2D eigenvalue weighted by Crippen LogP contribution is 2.54. The number of fused-ring (bicyclic) bond motifs is 4. The zero-order chi connectivity index (χ0) is 11.6. The number of aromatic nitrogens is 1. The lowest BCUT2D eigenvalue weighted by atomic mass is 9.93. The van der Waals surface area contributed by atoms with E-state index >= 15 is 0 Å². The Kier molecular flexibility index (Phi) is 1.55. The summed E-state index contributed by atoms with van der Waals surface area (Å²) in [5.74, 6) is 0.939. The van der Waals surface area contributed by atoms with Gasteiger partial charge in [-0.3, -0.25) is 4.98 Å². The van der Waals surface area contributed by atoms with Crippen molar-refractivity contribution in [2.75, 3.05) is 0 Å². The van der Waals surface area contributed by atoms with Gasteiger partial charge in [-0.15, -0.1) is 0 Å². The molecule has 17 heavy (non-hydrogen) atoms. The molecule has 0 N–H and O–H groups in total. The molecule has 3 heterocycles. The summed E-state index contributed by atoms with van der Waals surface area (Å²) in [6.45, 7) is 4.15. The van der Waals surface area contributed by atoms with Crippen molar-refractivity contribution in [3.63, 3.8) is 0 Å². The van der Waals surface area contributed by atoms with Crippen molar-refractivity contribution in [3.05, 3.63) is 36.0 Å². The minimum atomic E-state index is -0.229. The minimum Gasteiger partial charge on any atom is -0.485 e. The summed E-state index contributed by atoms with van der Waals surface area (Å²) < 4.78 is 11.7. The van der Waals surface area contributed by atoms with Gasteiger partial charge in [-0.1, -0.05) is 6.07 Å². The first-order valence-corrected chi connectivity index (χ1v) is 5.88. The molecule has 2 unspecified atom stereocenters. The maximum atomic E-state index is 6.03. The smallest absolute Gasteiger partial charge is 0.132 e. The number of hydrogen-bond acceptors (Lipinski definition) is 3. The molecule has 0 bridgehead atoms. The third kappa shape index (κ3) is 1.23. The maximum Gasteiger partial charge on any atom is 0.132 e. The van der Waals surface area contributed by atoms with E-state index in [2.05, 4.69) is 37.0 Å². The van der Waals surface area contributed by atoms with Crippen LogP contribution in [0.2, 0.25) is 0 Å². The zero-order valence-electron chi connectivity index (χ0n) is 9.81. The highest BCUT2D eigenvalue weighted by Gasteiger charge is 2.56. The van der Waals surface area contributed by atoms with Crippen LogP contribution in [0.5, 0.6) is 5.75 Å². The summed E-state index contributed by atoms with van der Waals surface area (Å²) in [5.41, 5.74) is 1.91. The molecule has 3 heteroatoms. The number of ether oxygens (including phenoxy) is 2. The van der Waals surface area contributed by atoms with E-state index in [4.69, 9.17) is 9.47 Å². The lowest BCUT2D eigenvalue weighted by Crippen LogP contribution is -2.37. The van der Waals surface area contributed by atoms with Crippen LogP contribution in [-0.2, 0) is 4.74 Å². The molecule has 4 rings (SSSR count). The van der Waals surface area contributed by atoms with Crippen LogP contribution < -0.4 is 4.74 Å². The predicted octanol–water partition coefficient (Wildman–Crippen LogP) is 2.85. The van der Waals surface area contributed by atoms with E-state index in [1.807, 2.05) is 12.3 Å². The van der Waals surface area contributed by atoms with E-state index in [-0.39, 0.29) is 17.8 Å². The van der Waals surface area contributed by atoms with Gasteiger partial charge in [-0.2, -0.15) is 0 Å². The van der Waals surface area contributed by atoms with E-state index in [0.717, 1.165) is 22.2 Å². The molecule has 1 aromatic heterocycles. The molecular formula is C14H13NO2. The maximum absolute atomic E-state index is 6.03. The van der Waals surface area contributed by atoms with Gasteiger partial charge in [0.1, 0.15) is 23.6 Å². The Balaban J connectivity index is 1.96. The van der Waals surface area contributed by atoms with Crippen LogP contribution in [0, 0.1) is 0 Å². The molecule has 86 valence electrons. The quantitative estimate of drug-likeness (QED) is 0.649. The third-order valence-electron chi connectivity index (χ3n) is 3.59. The molecule has 0 saturated carbocycles. The Morgan fingerprint density at radius 3 is 3.06 bits per heavy atom. The number of rotatable bonds is 0. The third-order valence-corrected chi connectivity index (χ3v) is 3.59. The number of pyridine rings is 1. The average Bonchev–Trinajstić information content (AvgIpc) is 3.07. The van der Waals surface area contributed by atoms with Crippen LogP contribution >= 0.6 is 0 Å². The standard InChI is InChI=1S/C14H13NO2/c1-14(2)13-12(16-13)9-7-10-8(4-3-5-15-10)6-11(9)17-14/h3-7,12-13H,1-2H3. The Hall–Kier alpha value is -1.61. The fraction of sp³-hybridized carbons (Fsp3) is 0.357. The first kappa shape index (κ1) is 9.42. The minimum absolute atomic E-state index is 0.191. The molecule has 2 aliphatic rings. The Morgan fingerprint density at radius 1 is 1.29 bits per heavy atom. The van der Waals surface area contributed by atoms with E-state index in [0.29, 0.717) is 0 Å². The summed E-state index contributed by atoms with van der Waals surface area (Å²) in [4.78, 5) is 4.37. The highest BCUT2D eigenvalue weighted by molar-refractivity contribution is 5.81. The average molecular weight is 227 g/mol. The number of hydrogen-bond donors (Lipinski definition) is 0. The molecule has 1 saturated heterocycles. The van der Waals surface area contributed by atoms with Crippen LogP contribution in [0.15, 0.2) is 30.5 Å². The predicted molar refractivity (Wildman–Crippen MR) is 64.1 cm³/mol. The van der Waals surface area contributed by atoms with Crippen LogP contribution in [-0.4, -0.2) is 16.7 Å². The van der Waals surface area contributed by atoms with Gasteiger partial charge in [0.2, 0.25) is 0 Å². The molecule has 2 atom stereocenters. The normalized spacial score (nSPS) is 28.1. The van der Waals surface area contributed by atoms with Crippen LogP contribution in [0.3, 0.4) is 0 Å². The summed E-state index contributed by atoms with van der Waals surface area (Å²) in [7, 11) is 0. The Labute approximate surface area is 99.4 Å². The second kappa shape index (κ2) is 2.79. The van der Waals surface area contributed by atoms with Crippen molar-refractivity contribution in [1.29, 1.82) is 0 Å². The van der Waals surface area contributed by atoms with Gasteiger partial charge in [0, 0.05) is 17.1 Å². The highest BCUT2D eigenvalue weighted by atomic mass is 16.6. The van der Waals surface area contributed by atoms with Crippen LogP contribution in [0.1, 0.15) is 25.5 Å². The molecule has 0 radical (unpaired) electrons. The Morgan fingerprint density at radius 2 is 2.18 bits per heavy atom. The van der Waals surface area contributed by atoms with Gasteiger partial charge in [0.05, 0.1) is 5.52 Å². The first-order chi connectivity index (χ1) is 8.15. The van der Waals surface area contributed by atoms with Crippen LogP contribution in [0.25, 0.3) is 10.9 Å². The monoisotopic (exact) mass is 227 g/mol. The molecule has 0 aliphatic carbocycles. The van der Waals surface area contributed by atoms with E-state index in [9.17, 15) is 0 Å². The molecule has 2 aliphatic heterocycles. The van der Waals surface area contributed by atoms with Gasteiger partial charge in [-0.25, -0.2) is 0 Å². The van der Waals surface area contributed by atoms with Gasteiger partial charge < -0.3 is 9.47 Å². The van der Waals surface area contributed by atoms with Crippen molar-refractivity contribution in [2.45, 2.75) is 31.7 Å². The van der Waals surface area contributed by atoms with Crippen molar-refractivity contribution < 1.29 is 9.47 Å². The van der Waals surface area contributed by atoms with Gasteiger partial charge in [-0.05, 0) is 32.0 Å². The van der Waals surface area contributed by atoms with Gasteiger partial charge >= 0.3 is 0 Å². The van der Waals surface area contributed by atoms with E-state index in [1.165, 1.54) is 0 Å². The number of nitrogens with zero attached hydrogens (tertiary/aromatic N) is 1. The summed E-state index contributed by atoms with van der Waals surface area (Å²) in [6, 6.07) is 8.15. The van der Waals surface area contributed by atoms with Crippen molar-refractivity contribution in [1.82, 2.24) is 4.98 Å². The molecular weight excluding hydrogens is 214 g/mol. The first-order valence-electron chi connectivity index (χ1n) is 5.88. The lowest BCUT2D eigenvalue weighted by Gasteiger charge is -2.29. The fourth-order valence-corrected chi connectivity index (χ4v) is 2.65. The summed E-state index contributed by atoms with van der Waals surface area (Å²) >= 11 is 0. The van der Waals surface area contributed by atoms with Crippen molar-refractivity contribution in [2.24, 2.45) is 0 Å². The van der Waals surface area contributed by atoms with Crippen molar-refractivity contribution in [3.8, 4) is 5.75 Å². The van der Waals surface area contributed by atoms with Crippen LogP contribution in [0.4, 0.5) is 0 Å². The molecule has 1 aromatic carbocycles. The fourth-order valence-electron chi connectivity index (χ4n) is 2.65. The molecule has 0 spiro atoms. The SMILES string of the molecule is CC1(C)Oc2cc3cccnc3cc2C2OC21. The molecule has 0 amide bonds. The number of epoxide rings is 1. The lowest BCUT2D eigenvalue weighted by molar-refractivity contribution is 0.0727. The largest absolute Gasteiger partial charge is 0.485 e. The molecule has 3 nitrogen and oxygen atoms in total. The van der Waals surface area contributed by atoms with Crippen molar-refractivity contribution >= 4 is 10.9 Å². The topological polar surface area (TPSA) is 34.6 Å². The van der Waals surface area contributed by atoms with E-state index < -0.39 is 0 Å². The molecule has 1 fully saturated rings. The zero-order valence-corrected chi connectivity index (χ0v) is 9.81. The summed E-state index contributed by atoms with van der Waals surface area (Å²) in [5, 5.41) is 1.11. The second-order valence-corrected chi connectivity index (χ2v) is 5.27. The summed E-state index contributed by atoms with van der Waals surface area (Å²) in [6.07, 6.45) is 2.20. The van der Waals surface area contributed by atoms with Gasteiger partial charge in [0.15, 0.2) is 0 Å².